The van der Waals surface area contributed by atoms with Gasteiger partial charge in [0.15, 0.2) is 0 Å². The normalized spacial score (nSPS) is 9.54. The van der Waals surface area contributed by atoms with Crippen molar-refractivity contribution in [1.82, 2.24) is 0 Å². The third-order valence-corrected chi connectivity index (χ3v) is 1.80. The number of hydrogen-bond acceptors (Lipinski definition) is 7. The van der Waals surface area contributed by atoms with E-state index >= 15 is 0 Å². The first-order valence-electron chi connectivity index (χ1n) is 1.46. The summed E-state index contributed by atoms with van der Waals surface area (Å²) in [6.07, 6.45) is 0. The summed E-state index contributed by atoms with van der Waals surface area (Å²) in [6.45, 7) is 0. The van der Waals surface area contributed by atoms with Crippen LogP contribution in [0.25, 0.3) is 0 Å². The maximum atomic E-state index is 9.32. The van der Waals surface area contributed by atoms with Gasteiger partial charge in [-0.15, -0.1) is 0 Å². The molecule has 13 heavy (non-hydrogen) atoms. The van der Waals surface area contributed by atoms with E-state index in [1.165, 1.54) is 0 Å². The molecule has 0 saturated heterocycles. The first-order chi connectivity index (χ1) is 3.71. The van der Waals surface area contributed by atoms with Gasteiger partial charge in [0.2, 0.25) is 0 Å². The third-order valence-electron chi connectivity index (χ3n) is 0.200. The van der Waals surface area contributed by atoms with Crippen LogP contribution in [0.5, 0.6) is 0 Å². The van der Waals surface area contributed by atoms with E-state index in [0.29, 0.717) is 0 Å². The van der Waals surface area contributed by atoms with Gasteiger partial charge in [0, 0.05) is 0 Å². The Balaban J connectivity index is -0.0000000533. The maximum Gasteiger partial charge on any atom is 1.00 e. The first kappa shape index (κ1) is 29.5. The zero-order chi connectivity index (χ0) is 7.71. The topological polar surface area (TPSA) is 136 Å². The van der Waals surface area contributed by atoms with E-state index in [1.54, 1.807) is 0 Å². The van der Waals surface area contributed by atoms with Gasteiger partial charge in [-0.3, -0.25) is 0 Å². The Morgan fingerprint density at radius 1 is 0.692 bits per heavy atom. The number of phosphoric acid groups is 2. The van der Waals surface area contributed by atoms with Crippen molar-refractivity contribution >= 4 is 15.6 Å². The Hall–Kier alpha value is 2.34. The molecule has 0 saturated carbocycles. The first-order valence-corrected chi connectivity index (χ1v) is 4.38. The van der Waals surface area contributed by atoms with E-state index in [1.807, 2.05) is 0 Å². The van der Waals surface area contributed by atoms with Gasteiger partial charge < -0.3 is 33.0 Å². The average molecular weight is 397 g/mol. The van der Waals surface area contributed by atoms with Crippen LogP contribution in [0, 0.1) is 0 Å². The van der Waals surface area contributed by atoms with Crippen molar-refractivity contribution in [1.29, 1.82) is 0 Å². The Morgan fingerprint density at radius 3 is 0.846 bits per heavy atom. The van der Waals surface area contributed by atoms with Crippen molar-refractivity contribution < 1.29 is 101 Å². The van der Waals surface area contributed by atoms with Crippen LogP contribution in [0.1, 0.15) is 0 Å². The summed E-state index contributed by atoms with van der Waals surface area (Å²) >= 11 is 0. The van der Waals surface area contributed by atoms with Gasteiger partial charge in [-0.1, -0.05) is 0 Å². The van der Waals surface area contributed by atoms with Gasteiger partial charge >= 0.3 is 68.3 Å². The summed E-state index contributed by atoms with van der Waals surface area (Å²) in [7, 11) is -11.4. The van der Waals surface area contributed by atoms with Gasteiger partial charge in [-0.2, -0.15) is 0 Å². The number of hydrogen-bond donors (Lipinski definition) is 0. The van der Waals surface area contributed by atoms with Gasteiger partial charge in [-0.25, -0.2) is 0 Å². The fraction of sp³-hybridized carbons (Fsp3) is 0. The molecule has 0 aromatic carbocycles. The molecule has 0 aromatic heterocycles. The van der Waals surface area contributed by atoms with Crippen molar-refractivity contribution in [3.63, 3.8) is 0 Å². The van der Waals surface area contributed by atoms with Crippen molar-refractivity contribution in [2.45, 2.75) is 0 Å². The van der Waals surface area contributed by atoms with E-state index in [-0.39, 0.29) is 68.3 Å². The monoisotopic (exact) mass is 398 g/mol. The van der Waals surface area contributed by atoms with Crippen LogP contribution >= 0.6 is 15.6 Å². The Kier molecular flexibility index (Phi) is 24.6. The molecule has 0 aliphatic carbocycles. The van der Waals surface area contributed by atoms with Crippen LogP contribution in [0.15, 0.2) is 0 Å². The fourth-order valence-corrected chi connectivity index (χ4v) is 1.10. The molecular formula is Fe4O7P2. The van der Waals surface area contributed by atoms with Crippen LogP contribution in [0.3, 0.4) is 0 Å². The quantitative estimate of drug-likeness (QED) is 0.351. The van der Waals surface area contributed by atoms with Gasteiger partial charge in [0.1, 0.15) is 0 Å². The van der Waals surface area contributed by atoms with Crippen molar-refractivity contribution in [3.8, 4) is 0 Å². The molecule has 0 rings (SSSR count). The molecule has 0 unspecified atom stereocenters. The van der Waals surface area contributed by atoms with Crippen LogP contribution in [0.4, 0.5) is 0 Å². The van der Waals surface area contributed by atoms with Crippen molar-refractivity contribution in [3.05, 3.63) is 0 Å². The minimum Gasteiger partial charge on any atom is -0.790 e. The minimum absolute atomic E-state index is 0. The summed E-state index contributed by atoms with van der Waals surface area (Å²) in [5.41, 5.74) is 0. The zero-order valence-electron chi connectivity index (χ0n) is 5.17. The second-order valence-corrected chi connectivity index (χ2v) is 3.42. The minimum atomic E-state index is -5.68. The predicted molar refractivity (Wildman–Crippen MR) is 16.3 cm³/mol. The predicted octanol–water partition coefficient (Wildman–Crippen LogP) is -3.35. The van der Waals surface area contributed by atoms with E-state index in [4.69, 9.17) is 0 Å². The SMILES string of the molecule is O=P([O-])([O-])OP(=O)([O-])[O-].[Fe+].[Fe+].[Fe+].[Fe+]. The van der Waals surface area contributed by atoms with E-state index < -0.39 is 15.6 Å². The van der Waals surface area contributed by atoms with Gasteiger partial charge in [-0.05, 0) is 0 Å². The van der Waals surface area contributed by atoms with Crippen LogP contribution in [-0.2, 0) is 81.7 Å². The van der Waals surface area contributed by atoms with Gasteiger partial charge in [0.05, 0.1) is 15.6 Å². The Labute approximate surface area is 116 Å². The van der Waals surface area contributed by atoms with E-state index in [9.17, 15) is 28.7 Å². The molecule has 0 fully saturated rings. The second-order valence-electron chi connectivity index (χ2n) is 0.976. The number of rotatable bonds is 2. The molecule has 0 atom stereocenters. The zero-order valence-corrected chi connectivity index (χ0v) is 11.4. The summed E-state index contributed by atoms with van der Waals surface area (Å²) < 4.78 is 21.2. The summed E-state index contributed by atoms with van der Waals surface area (Å²) in [6, 6.07) is 0. The molecular weight excluding hydrogens is 397 g/mol. The van der Waals surface area contributed by atoms with E-state index in [2.05, 4.69) is 4.31 Å². The fourth-order valence-electron chi connectivity index (χ4n) is 0.122. The van der Waals surface area contributed by atoms with Crippen LogP contribution < -0.4 is 19.6 Å². The van der Waals surface area contributed by atoms with Crippen LogP contribution in [-0.4, -0.2) is 0 Å². The largest absolute Gasteiger partial charge is 1.00 e. The molecule has 0 aromatic rings. The summed E-state index contributed by atoms with van der Waals surface area (Å²) in [5, 5.41) is 0. The average Bonchev–Trinajstić information content (AvgIpc) is 1.14. The summed E-state index contributed by atoms with van der Waals surface area (Å²) in [5.74, 6) is 0. The van der Waals surface area contributed by atoms with E-state index in [0.717, 1.165) is 0 Å². The molecule has 0 bridgehead atoms. The third kappa shape index (κ3) is 31.4. The molecule has 13 heteroatoms. The molecule has 0 spiro atoms. The molecule has 84 valence electrons. The van der Waals surface area contributed by atoms with Crippen LogP contribution in [0.2, 0.25) is 0 Å². The Bertz CT molecular complexity index is 159. The van der Waals surface area contributed by atoms with Crippen molar-refractivity contribution in [2.24, 2.45) is 0 Å². The Morgan fingerprint density at radius 2 is 0.846 bits per heavy atom. The molecule has 0 aliphatic heterocycles. The van der Waals surface area contributed by atoms with Gasteiger partial charge in [0.25, 0.3) is 0 Å². The second kappa shape index (κ2) is 10.8. The maximum absolute atomic E-state index is 9.32. The van der Waals surface area contributed by atoms with Crippen molar-refractivity contribution in [2.75, 3.05) is 0 Å². The molecule has 0 heterocycles. The smallest absolute Gasteiger partial charge is 0.790 e. The molecule has 7 nitrogen and oxygen atoms in total. The molecule has 0 amide bonds. The molecule has 0 N–H and O–H groups in total. The summed E-state index contributed by atoms with van der Waals surface area (Å²) in [4.78, 5) is 37.3. The molecule has 4 radical (unpaired) electrons. The molecule has 0 aliphatic rings. The standard InChI is InChI=1S/4Fe.H4O7P2/c;;;;1-8(2,3)7-9(4,5)6/h;;;;(H2,1,2,3)(H2,4,5,6)/q4*+1;/p-4.